The highest BCUT2D eigenvalue weighted by atomic mass is 79.9. The van der Waals surface area contributed by atoms with Crippen LogP contribution in [-0.4, -0.2) is 18.5 Å². The number of carbonyl (C=O) groups excluding carboxylic acids is 1. The van der Waals surface area contributed by atoms with Gasteiger partial charge in [-0.05, 0) is 44.8 Å². The van der Waals surface area contributed by atoms with E-state index in [1.54, 1.807) is 6.07 Å². The van der Waals surface area contributed by atoms with Crippen LogP contribution in [0.15, 0.2) is 13.6 Å². The van der Waals surface area contributed by atoms with Gasteiger partial charge in [-0.3, -0.25) is 4.79 Å². The largest absolute Gasteiger partial charge is 0.348 e. The third-order valence-corrected chi connectivity index (χ3v) is 3.97. The number of hydrogen-bond acceptors (Lipinski definition) is 3. The van der Waals surface area contributed by atoms with E-state index in [1.165, 1.54) is 11.3 Å². The molecule has 0 saturated carbocycles. The minimum absolute atomic E-state index is 0.00641. The number of amides is 1. The van der Waals surface area contributed by atoms with Crippen molar-refractivity contribution in [3.63, 3.8) is 0 Å². The second-order valence-corrected chi connectivity index (χ2v) is 6.60. The van der Waals surface area contributed by atoms with Gasteiger partial charge in [-0.15, -0.1) is 11.3 Å². The van der Waals surface area contributed by atoms with Gasteiger partial charge in [0.15, 0.2) is 0 Å². The summed E-state index contributed by atoms with van der Waals surface area (Å²) in [6.45, 7) is 2.31. The van der Waals surface area contributed by atoms with E-state index in [2.05, 4.69) is 37.2 Å². The molecule has 0 aliphatic heterocycles. The predicted octanol–water partition coefficient (Wildman–Crippen LogP) is 2.35. The van der Waals surface area contributed by atoms with Crippen LogP contribution in [0.1, 0.15) is 17.3 Å². The molecule has 0 aliphatic rings. The van der Waals surface area contributed by atoms with Crippen molar-refractivity contribution in [2.75, 3.05) is 6.54 Å². The lowest BCUT2D eigenvalue weighted by Crippen LogP contribution is -2.37. The summed E-state index contributed by atoms with van der Waals surface area (Å²) in [4.78, 5) is 11.6. The van der Waals surface area contributed by atoms with Crippen molar-refractivity contribution in [3.8, 4) is 0 Å². The van der Waals surface area contributed by atoms with Gasteiger partial charge in [0.25, 0.3) is 5.91 Å². The van der Waals surface area contributed by atoms with E-state index in [4.69, 9.17) is 5.73 Å². The average molecular weight is 342 g/mol. The molecule has 3 N–H and O–H groups in total. The molecule has 3 nitrogen and oxygen atoms in total. The fourth-order valence-corrected chi connectivity index (χ4v) is 3.65. The zero-order chi connectivity index (χ0) is 10.7. The quantitative estimate of drug-likeness (QED) is 0.886. The molecule has 0 aliphatic carbocycles. The van der Waals surface area contributed by atoms with E-state index in [-0.39, 0.29) is 11.9 Å². The number of nitrogens with two attached hydrogens (primary N) is 1. The highest BCUT2D eigenvalue weighted by Crippen LogP contribution is 2.31. The summed E-state index contributed by atoms with van der Waals surface area (Å²) in [7, 11) is 0. The Bertz CT molecular complexity index is 340. The van der Waals surface area contributed by atoms with Crippen molar-refractivity contribution in [3.05, 3.63) is 19.2 Å². The highest BCUT2D eigenvalue weighted by molar-refractivity contribution is 9.12. The zero-order valence-corrected chi connectivity index (χ0v) is 11.5. The number of hydrogen-bond donors (Lipinski definition) is 2. The fraction of sp³-hybridized carbons (Fsp3) is 0.375. The van der Waals surface area contributed by atoms with E-state index in [0.29, 0.717) is 12.1 Å². The molecule has 0 spiro atoms. The molecule has 0 radical (unpaired) electrons. The minimum atomic E-state index is -0.100. The molecule has 1 amide bonds. The number of thiophene rings is 1. The number of nitrogens with one attached hydrogen (secondary N) is 1. The minimum Gasteiger partial charge on any atom is -0.348 e. The normalized spacial score (nSPS) is 12.6. The van der Waals surface area contributed by atoms with Crippen LogP contribution in [0.5, 0.6) is 0 Å². The number of rotatable bonds is 3. The lowest BCUT2D eigenvalue weighted by molar-refractivity contribution is 0.0941. The number of halogens is 2. The van der Waals surface area contributed by atoms with E-state index in [9.17, 15) is 4.79 Å². The molecular weight excluding hydrogens is 332 g/mol. The molecule has 78 valence electrons. The molecular formula is C8H10Br2N2OS. The van der Waals surface area contributed by atoms with Crippen LogP contribution in [0.2, 0.25) is 0 Å². The summed E-state index contributed by atoms with van der Waals surface area (Å²) in [6, 6.07) is 1.78. The van der Waals surface area contributed by atoms with Gasteiger partial charge in [0.05, 0.1) is 13.1 Å². The van der Waals surface area contributed by atoms with Crippen LogP contribution in [-0.2, 0) is 0 Å². The van der Waals surface area contributed by atoms with E-state index in [0.717, 1.165) is 7.57 Å². The molecule has 1 aromatic rings. The Balaban J connectivity index is 2.74. The lowest BCUT2D eigenvalue weighted by Gasteiger charge is -2.10. The first kappa shape index (κ1) is 12.2. The third-order valence-electron chi connectivity index (χ3n) is 1.63. The van der Waals surface area contributed by atoms with Gasteiger partial charge in [0, 0.05) is 12.6 Å². The van der Waals surface area contributed by atoms with Gasteiger partial charge < -0.3 is 11.1 Å². The van der Waals surface area contributed by atoms with Crippen molar-refractivity contribution in [2.24, 2.45) is 5.73 Å². The summed E-state index contributed by atoms with van der Waals surface area (Å²) >= 11 is 8.12. The summed E-state index contributed by atoms with van der Waals surface area (Å²) in [5.41, 5.74) is 6.05. The van der Waals surface area contributed by atoms with Gasteiger partial charge in [-0.2, -0.15) is 0 Å². The van der Waals surface area contributed by atoms with Gasteiger partial charge in [0.1, 0.15) is 0 Å². The smallest absolute Gasteiger partial charge is 0.253 e. The van der Waals surface area contributed by atoms with Crippen LogP contribution in [0.3, 0.4) is 0 Å². The van der Waals surface area contributed by atoms with Crippen molar-refractivity contribution in [1.29, 1.82) is 0 Å². The van der Waals surface area contributed by atoms with E-state index >= 15 is 0 Å². The van der Waals surface area contributed by atoms with Crippen LogP contribution < -0.4 is 11.1 Å². The molecule has 1 rings (SSSR count). The summed E-state index contributed by atoms with van der Waals surface area (Å²) in [5, 5.41) is 2.79. The molecule has 1 heterocycles. The van der Waals surface area contributed by atoms with Crippen LogP contribution in [0.4, 0.5) is 0 Å². The fourth-order valence-electron chi connectivity index (χ4n) is 0.856. The SMILES string of the molecule is CC(CN)NC(=O)c1cc(Br)sc1Br. The van der Waals surface area contributed by atoms with Crippen molar-refractivity contribution in [1.82, 2.24) is 5.32 Å². The molecule has 1 aromatic heterocycles. The van der Waals surface area contributed by atoms with Crippen molar-refractivity contribution < 1.29 is 4.79 Å². The monoisotopic (exact) mass is 340 g/mol. The Morgan fingerprint density at radius 3 is 2.79 bits per heavy atom. The van der Waals surface area contributed by atoms with E-state index < -0.39 is 0 Å². The first-order valence-electron chi connectivity index (χ1n) is 4.00. The van der Waals surface area contributed by atoms with Crippen LogP contribution >= 0.6 is 43.2 Å². The van der Waals surface area contributed by atoms with Gasteiger partial charge in [-0.1, -0.05) is 0 Å². The standard InChI is InChI=1S/C8H10Br2N2OS/c1-4(3-11)12-8(13)5-2-6(9)14-7(5)10/h2,4H,3,11H2,1H3,(H,12,13). The Morgan fingerprint density at radius 2 is 2.36 bits per heavy atom. The maximum atomic E-state index is 11.6. The summed E-state index contributed by atoms with van der Waals surface area (Å²) in [5.74, 6) is -0.100. The molecule has 0 saturated heterocycles. The Labute approximate surface area is 103 Å². The summed E-state index contributed by atoms with van der Waals surface area (Å²) < 4.78 is 1.75. The molecule has 14 heavy (non-hydrogen) atoms. The average Bonchev–Trinajstić information content (AvgIpc) is 2.45. The second-order valence-electron chi connectivity index (χ2n) is 2.85. The predicted molar refractivity (Wildman–Crippen MR) is 65.7 cm³/mol. The molecule has 6 heteroatoms. The topological polar surface area (TPSA) is 55.1 Å². The molecule has 0 aromatic carbocycles. The number of carbonyl (C=O) groups is 1. The van der Waals surface area contributed by atoms with Crippen LogP contribution in [0, 0.1) is 0 Å². The first-order valence-corrected chi connectivity index (χ1v) is 6.40. The summed E-state index contributed by atoms with van der Waals surface area (Å²) in [6.07, 6.45) is 0. The Hall–Kier alpha value is 0.0900. The van der Waals surface area contributed by atoms with Gasteiger partial charge in [0.2, 0.25) is 0 Å². The van der Waals surface area contributed by atoms with E-state index in [1.807, 2.05) is 6.92 Å². The van der Waals surface area contributed by atoms with Crippen molar-refractivity contribution in [2.45, 2.75) is 13.0 Å². The zero-order valence-electron chi connectivity index (χ0n) is 7.51. The molecule has 1 atom stereocenters. The van der Waals surface area contributed by atoms with Gasteiger partial charge in [-0.25, -0.2) is 0 Å². The lowest BCUT2D eigenvalue weighted by atomic mass is 10.3. The van der Waals surface area contributed by atoms with Gasteiger partial charge >= 0.3 is 0 Å². The maximum absolute atomic E-state index is 11.6. The highest BCUT2D eigenvalue weighted by Gasteiger charge is 2.14. The maximum Gasteiger partial charge on any atom is 0.253 e. The molecule has 1 unspecified atom stereocenters. The third kappa shape index (κ3) is 3.05. The second kappa shape index (κ2) is 5.25. The molecule has 0 bridgehead atoms. The first-order chi connectivity index (χ1) is 6.54. The van der Waals surface area contributed by atoms with Crippen molar-refractivity contribution >= 4 is 49.1 Å². The Kier molecular flexibility index (Phi) is 4.56. The Morgan fingerprint density at radius 1 is 1.71 bits per heavy atom. The molecule has 0 fully saturated rings. The van der Waals surface area contributed by atoms with Crippen LogP contribution in [0.25, 0.3) is 0 Å².